The first-order valence-corrected chi connectivity index (χ1v) is 9.87. The van der Waals surface area contributed by atoms with Gasteiger partial charge in [-0.25, -0.2) is 0 Å². The van der Waals surface area contributed by atoms with Crippen molar-refractivity contribution in [2.45, 2.75) is 0 Å². The average Bonchev–Trinajstić information content (AvgIpc) is 3.53. The van der Waals surface area contributed by atoms with Crippen LogP contribution in [-0.4, -0.2) is 16.0 Å². The van der Waals surface area contributed by atoms with Crippen molar-refractivity contribution in [1.82, 2.24) is 10.1 Å². The number of para-hydroxylation sites is 1. The van der Waals surface area contributed by atoms with Crippen LogP contribution < -0.4 is 10.1 Å². The molecule has 0 atom stereocenters. The lowest BCUT2D eigenvalue weighted by atomic mass is 10.2. The molecule has 7 nitrogen and oxygen atoms in total. The van der Waals surface area contributed by atoms with Gasteiger partial charge in [-0.2, -0.15) is 4.98 Å². The van der Waals surface area contributed by atoms with Crippen LogP contribution in [0.2, 0.25) is 0 Å². The van der Waals surface area contributed by atoms with Gasteiger partial charge in [0.25, 0.3) is 11.8 Å². The summed E-state index contributed by atoms with van der Waals surface area (Å²) >= 11 is 0. The van der Waals surface area contributed by atoms with Gasteiger partial charge in [-0.05, 0) is 66.7 Å². The first-order valence-electron chi connectivity index (χ1n) is 9.87. The molecule has 0 aliphatic carbocycles. The maximum atomic E-state index is 12.2. The highest BCUT2D eigenvalue weighted by Crippen LogP contribution is 2.27. The molecule has 32 heavy (non-hydrogen) atoms. The summed E-state index contributed by atoms with van der Waals surface area (Å²) in [5, 5.41) is 6.86. The zero-order chi connectivity index (χ0) is 21.8. The first kappa shape index (κ1) is 19.3. The molecule has 0 saturated carbocycles. The summed E-state index contributed by atoms with van der Waals surface area (Å²) in [7, 11) is 0. The number of benzene rings is 3. The molecule has 0 bridgehead atoms. The molecule has 0 unspecified atom stereocenters. The number of rotatable bonds is 6. The van der Waals surface area contributed by atoms with Crippen LogP contribution in [0.5, 0.6) is 11.5 Å². The molecule has 0 aliphatic rings. The SMILES string of the molecule is O=C(Nc1cccc(-c2nc(-c3ccc(Oc4ccccc4)cc3)no2)c1)c1ccco1. The van der Waals surface area contributed by atoms with Crippen molar-refractivity contribution in [3.8, 4) is 34.3 Å². The summed E-state index contributed by atoms with van der Waals surface area (Å²) < 4.78 is 16.4. The summed E-state index contributed by atoms with van der Waals surface area (Å²) in [6.45, 7) is 0. The Bertz CT molecular complexity index is 1330. The van der Waals surface area contributed by atoms with E-state index in [2.05, 4.69) is 15.5 Å². The molecule has 5 rings (SSSR count). The largest absolute Gasteiger partial charge is 0.459 e. The number of ether oxygens (including phenoxy) is 1. The van der Waals surface area contributed by atoms with Gasteiger partial charge in [0, 0.05) is 16.8 Å². The second-order valence-electron chi connectivity index (χ2n) is 6.87. The van der Waals surface area contributed by atoms with Gasteiger partial charge in [-0.15, -0.1) is 0 Å². The minimum atomic E-state index is -0.337. The third-order valence-electron chi connectivity index (χ3n) is 4.63. The van der Waals surface area contributed by atoms with Crippen LogP contribution in [0.1, 0.15) is 10.6 Å². The zero-order valence-corrected chi connectivity index (χ0v) is 16.8. The lowest BCUT2D eigenvalue weighted by Gasteiger charge is -2.05. The highest BCUT2D eigenvalue weighted by atomic mass is 16.5. The van der Waals surface area contributed by atoms with Gasteiger partial charge in [0.05, 0.1) is 6.26 Å². The normalized spacial score (nSPS) is 10.6. The molecule has 2 aromatic heterocycles. The number of aromatic nitrogens is 2. The minimum Gasteiger partial charge on any atom is -0.459 e. The lowest BCUT2D eigenvalue weighted by Crippen LogP contribution is -2.10. The van der Waals surface area contributed by atoms with Crippen molar-refractivity contribution >= 4 is 11.6 Å². The topological polar surface area (TPSA) is 90.4 Å². The molecular weight excluding hydrogens is 406 g/mol. The van der Waals surface area contributed by atoms with Crippen LogP contribution in [0.25, 0.3) is 22.8 Å². The Labute approximate surface area is 183 Å². The van der Waals surface area contributed by atoms with E-state index in [0.717, 1.165) is 11.3 Å². The maximum absolute atomic E-state index is 12.2. The second-order valence-corrected chi connectivity index (χ2v) is 6.87. The Morgan fingerprint density at radius 3 is 2.41 bits per heavy atom. The molecule has 3 aromatic carbocycles. The highest BCUT2D eigenvalue weighted by molar-refractivity contribution is 6.02. The molecule has 156 valence electrons. The van der Waals surface area contributed by atoms with Crippen LogP contribution in [0.15, 0.2) is 106 Å². The van der Waals surface area contributed by atoms with Crippen LogP contribution in [-0.2, 0) is 0 Å². The fourth-order valence-corrected chi connectivity index (χ4v) is 3.09. The van der Waals surface area contributed by atoms with E-state index in [9.17, 15) is 4.79 Å². The van der Waals surface area contributed by atoms with E-state index >= 15 is 0 Å². The Kier molecular flexibility index (Phi) is 5.20. The van der Waals surface area contributed by atoms with Crippen molar-refractivity contribution in [2.75, 3.05) is 5.32 Å². The molecule has 0 radical (unpaired) electrons. The molecule has 0 aliphatic heterocycles. The molecule has 2 heterocycles. The quantitative estimate of drug-likeness (QED) is 0.358. The molecule has 7 heteroatoms. The standard InChI is InChI=1S/C25H17N3O4/c29-24(22-10-5-15-30-22)26-19-7-4-6-18(16-19)25-27-23(28-32-25)17-11-13-21(14-12-17)31-20-8-2-1-3-9-20/h1-16H,(H,26,29). The summed E-state index contributed by atoms with van der Waals surface area (Å²) in [5.74, 6) is 2.17. The van der Waals surface area contributed by atoms with E-state index < -0.39 is 0 Å². The maximum Gasteiger partial charge on any atom is 0.291 e. The van der Waals surface area contributed by atoms with E-state index in [4.69, 9.17) is 13.7 Å². The van der Waals surface area contributed by atoms with Crippen molar-refractivity contribution in [3.05, 3.63) is 103 Å². The van der Waals surface area contributed by atoms with Crippen molar-refractivity contribution in [2.24, 2.45) is 0 Å². The Morgan fingerprint density at radius 2 is 1.62 bits per heavy atom. The van der Waals surface area contributed by atoms with Crippen molar-refractivity contribution in [3.63, 3.8) is 0 Å². The van der Waals surface area contributed by atoms with Crippen LogP contribution in [0.4, 0.5) is 5.69 Å². The molecule has 5 aromatic rings. The number of anilines is 1. The number of furan rings is 1. The monoisotopic (exact) mass is 423 g/mol. The Balaban J connectivity index is 1.31. The zero-order valence-electron chi connectivity index (χ0n) is 16.8. The number of carbonyl (C=O) groups excluding carboxylic acids is 1. The van der Waals surface area contributed by atoms with E-state index in [-0.39, 0.29) is 11.7 Å². The first-order chi connectivity index (χ1) is 15.7. The van der Waals surface area contributed by atoms with Gasteiger partial charge in [-0.3, -0.25) is 4.79 Å². The average molecular weight is 423 g/mol. The number of hydrogen-bond donors (Lipinski definition) is 1. The molecule has 0 fully saturated rings. The molecule has 0 spiro atoms. The summed E-state index contributed by atoms with van der Waals surface area (Å²) in [6.07, 6.45) is 1.45. The fraction of sp³-hybridized carbons (Fsp3) is 0. The predicted molar refractivity (Wildman–Crippen MR) is 118 cm³/mol. The smallest absolute Gasteiger partial charge is 0.291 e. The number of carbonyl (C=O) groups is 1. The third-order valence-corrected chi connectivity index (χ3v) is 4.63. The summed E-state index contributed by atoms with van der Waals surface area (Å²) in [4.78, 5) is 16.7. The highest BCUT2D eigenvalue weighted by Gasteiger charge is 2.13. The van der Waals surface area contributed by atoms with Gasteiger partial charge in [-0.1, -0.05) is 29.4 Å². The lowest BCUT2D eigenvalue weighted by molar-refractivity contribution is 0.0996. The molecule has 0 saturated heterocycles. The van der Waals surface area contributed by atoms with E-state index in [0.29, 0.717) is 28.7 Å². The second kappa shape index (κ2) is 8.61. The van der Waals surface area contributed by atoms with Gasteiger partial charge in [0.15, 0.2) is 5.76 Å². The Morgan fingerprint density at radius 1 is 0.812 bits per heavy atom. The van der Waals surface area contributed by atoms with Gasteiger partial charge in [0.1, 0.15) is 11.5 Å². The van der Waals surface area contributed by atoms with Crippen LogP contribution in [0, 0.1) is 0 Å². The Hall–Kier alpha value is -4.65. The summed E-state index contributed by atoms with van der Waals surface area (Å²) in [5.41, 5.74) is 2.07. The molecule has 1 N–H and O–H groups in total. The number of amides is 1. The number of nitrogens with one attached hydrogen (secondary N) is 1. The summed E-state index contributed by atoms with van der Waals surface area (Å²) in [6, 6.07) is 27.4. The van der Waals surface area contributed by atoms with Gasteiger partial charge < -0.3 is 19.0 Å². The van der Waals surface area contributed by atoms with E-state index in [1.165, 1.54) is 6.26 Å². The molecule has 1 amide bonds. The molecular formula is C25H17N3O4. The van der Waals surface area contributed by atoms with E-state index in [1.54, 1.807) is 30.3 Å². The van der Waals surface area contributed by atoms with Crippen LogP contribution in [0.3, 0.4) is 0 Å². The fourth-order valence-electron chi connectivity index (χ4n) is 3.09. The number of nitrogens with zero attached hydrogens (tertiary/aromatic N) is 2. The minimum absolute atomic E-state index is 0.232. The third kappa shape index (κ3) is 4.27. The van der Waals surface area contributed by atoms with Gasteiger partial charge >= 0.3 is 0 Å². The van der Waals surface area contributed by atoms with Crippen LogP contribution >= 0.6 is 0 Å². The predicted octanol–water partition coefficient (Wildman–Crippen LogP) is 6.04. The van der Waals surface area contributed by atoms with Gasteiger partial charge in [0.2, 0.25) is 5.82 Å². The van der Waals surface area contributed by atoms with Crippen molar-refractivity contribution in [1.29, 1.82) is 0 Å². The van der Waals surface area contributed by atoms with Crippen molar-refractivity contribution < 1.29 is 18.5 Å². The van der Waals surface area contributed by atoms with E-state index in [1.807, 2.05) is 60.7 Å². The number of hydrogen-bond acceptors (Lipinski definition) is 6.